The highest BCUT2D eigenvalue weighted by atomic mass is 35.5. The van der Waals surface area contributed by atoms with E-state index in [9.17, 15) is 9.90 Å². The van der Waals surface area contributed by atoms with Crippen LogP contribution in [0, 0.1) is 5.92 Å². The molecule has 25 heavy (non-hydrogen) atoms. The number of para-hydroxylation sites is 1. The standard InChI is InChI=1S/C20H22ClNO3/c1-25-18-9-3-6-16(20(18)24)13-22-10-4-7-15(12-22)19(23)14-5-2-8-17(21)11-14/h2-3,5-6,8-9,11,15,24H,4,7,10,12-13H2,1H3/t15-/m1/s1. The van der Waals surface area contributed by atoms with E-state index in [1.54, 1.807) is 25.3 Å². The lowest BCUT2D eigenvalue weighted by Gasteiger charge is -2.32. The number of ketones is 1. The Bertz CT molecular complexity index is 762. The number of phenols is 1. The van der Waals surface area contributed by atoms with Gasteiger partial charge in [0.1, 0.15) is 0 Å². The SMILES string of the molecule is COc1cccc(CN2CCC[C@@H](C(=O)c3cccc(Cl)c3)C2)c1O. The lowest BCUT2D eigenvalue weighted by Crippen LogP contribution is -2.38. The summed E-state index contributed by atoms with van der Waals surface area (Å²) in [6, 6.07) is 12.6. The molecule has 0 amide bonds. The second kappa shape index (κ2) is 7.89. The summed E-state index contributed by atoms with van der Waals surface area (Å²) < 4.78 is 5.17. The van der Waals surface area contributed by atoms with Crippen LogP contribution in [-0.4, -0.2) is 36.0 Å². The number of halogens is 1. The predicted molar refractivity (Wildman–Crippen MR) is 98.4 cm³/mol. The highest BCUT2D eigenvalue weighted by molar-refractivity contribution is 6.31. The Morgan fingerprint density at radius 1 is 1.32 bits per heavy atom. The van der Waals surface area contributed by atoms with Crippen molar-refractivity contribution < 1.29 is 14.6 Å². The van der Waals surface area contributed by atoms with Crippen molar-refractivity contribution in [3.8, 4) is 11.5 Å². The molecule has 0 saturated carbocycles. The van der Waals surface area contributed by atoms with Gasteiger partial charge in [0, 0.05) is 35.2 Å². The number of hydrogen-bond donors (Lipinski definition) is 1. The van der Waals surface area contributed by atoms with Crippen molar-refractivity contribution in [3.05, 3.63) is 58.6 Å². The molecule has 1 heterocycles. The molecule has 0 radical (unpaired) electrons. The molecule has 2 aromatic carbocycles. The third kappa shape index (κ3) is 4.14. The molecule has 1 aliphatic heterocycles. The van der Waals surface area contributed by atoms with Gasteiger partial charge in [0.25, 0.3) is 0 Å². The van der Waals surface area contributed by atoms with Gasteiger partial charge in [-0.05, 0) is 37.6 Å². The average Bonchev–Trinajstić information content (AvgIpc) is 2.63. The van der Waals surface area contributed by atoms with Gasteiger partial charge in [0.15, 0.2) is 17.3 Å². The van der Waals surface area contributed by atoms with Crippen molar-refractivity contribution in [1.29, 1.82) is 0 Å². The number of rotatable bonds is 5. The topological polar surface area (TPSA) is 49.8 Å². The quantitative estimate of drug-likeness (QED) is 0.815. The van der Waals surface area contributed by atoms with Crippen LogP contribution >= 0.6 is 11.6 Å². The van der Waals surface area contributed by atoms with E-state index >= 15 is 0 Å². The first kappa shape index (κ1) is 17.8. The molecule has 132 valence electrons. The van der Waals surface area contributed by atoms with Crippen molar-refractivity contribution in [2.75, 3.05) is 20.2 Å². The zero-order valence-electron chi connectivity index (χ0n) is 14.2. The monoisotopic (exact) mass is 359 g/mol. The van der Waals surface area contributed by atoms with Crippen LogP contribution in [0.25, 0.3) is 0 Å². The van der Waals surface area contributed by atoms with E-state index < -0.39 is 0 Å². The normalized spacial score (nSPS) is 18.1. The van der Waals surface area contributed by atoms with Crippen LogP contribution in [0.3, 0.4) is 0 Å². The second-order valence-electron chi connectivity index (χ2n) is 6.42. The van der Waals surface area contributed by atoms with Gasteiger partial charge in [-0.3, -0.25) is 9.69 Å². The van der Waals surface area contributed by atoms with E-state index in [0.29, 0.717) is 29.4 Å². The Morgan fingerprint density at radius 2 is 2.12 bits per heavy atom. The summed E-state index contributed by atoms with van der Waals surface area (Å²) in [5.74, 6) is 0.747. The summed E-state index contributed by atoms with van der Waals surface area (Å²) in [7, 11) is 1.54. The van der Waals surface area contributed by atoms with E-state index in [-0.39, 0.29) is 17.5 Å². The summed E-state index contributed by atoms with van der Waals surface area (Å²) >= 11 is 6.01. The van der Waals surface area contributed by atoms with Gasteiger partial charge in [0.05, 0.1) is 7.11 Å². The first-order valence-electron chi connectivity index (χ1n) is 8.45. The molecular formula is C20H22ClNO3. The summed E-state index contributed by atoms with van der Waals surface area (Å²) in [6.45, 7) is 2.19. The number of nitrogens with zero attached hydrogens (tertiary/aromatic N) is 1. The van der Waals surface area contributed by atoms with Crippen molar-refractivity contribution in [3.63, 3.8) is 0 Å². The summed E-state index contributed by atoms with van der Waals surface area (Å²) in [5, 5.41) is 10.9. The number of likely N-dealkylation sites (tertiary alicyclic amines) is 1. The number of Topliss-reactive ketones (excluding diaryl/α,β-unsaturated/α-hetero) is 1. The molecule has 0 aromatic heterocycles. The van der Waals surface area contributed by atoms with Crippen LogP contribution in [0.4, 0.5) is 0 Å². The first-order chi connectivity index (χ1) is 12.1. The van der Waals surface area contributed by atoms with Gasteiger partial charge >= 0.3 is 0 Å². The van der Waals surface area contributed by atoms with Crippen molar-refractivity contribution in [2.24, 2.45) is 5.92 Å². The highest BCUT2D eigenvalue weighted by Gasteiger charge is 2.27. The molecule has 1 fully saturated rings. The molecule has 0 spiro atoms. The predicted octanol–water partition coefficient (Wildman–Crippen LogP) is 4.15. The molecule has 4 nitrogen and oxygen atoms in total. The van der Waals surface area contributed by atoms with E-state index in [4.69, 9.17) is 16.3 Å². The van der Waals surface area contributed by atoms with Crippen molar-refractivity contribution >= 4 is 17.4 Å². The number of piperidine rings is 1. The zero-order chi connectivity index (χ0) is 17.8. The second-order valence-corrected chi connectivity index (χ2v) is 6.85. The molecule has 0 unspecified atom stereocenters. The molecule has 5 heteroatoms. The number of phenolic OH excluding ortho intramolecular Hbond substituents is 1. The minimum absolute atomic E-state index is 0.0417. The van der Waals surface area contributed by atoms with E-state index in [2.05, 4.69) is 4.90 Å². The van der Waals surface area contributed by atoms with E-state index in [1.807, 2.05) is 24.3 Å². The van der Waals surface area contributed by atoms with Crippen molar-refractivity contribution in [2.45, 2.75) is 19.4 Å². The molecule has 1 atom stereocenters. The molecule has 3 rings (SSSR count). The van der Waals surface area contributed by atoms with Gasteiger partial charge in [-0.1, -0.05) is 35.9 Å². The number of carbonyl (C=O) groups is 1. The molecule has 1 aliphatic rings. The third-order valence-corrected chi connectivity index (χ3v) is 4.92. The lowest BCUT2D eigenvalue weighted by atomic mass is 9.90. The first-order valence-corrected chi connectivity index (χ1v) is 8.83. The van der Waals surface area contributed by atoms with Crippen molar-refractivity contribution in [1.82, 2.24) is 4.90 Å². The van der Waals surface area contributed by atoms with Crippen LogP contribution < -0.4 is 4.74 Å². The fraction of sp³-hybridized carbons (Fsp3) is 0.350. The van der Waals surface area contributed by atoms with Gasteiger partial charge in [0.2, 0.25) is 0 Å². The average molecular weight is 360 g/mol. The molecule has 0 bridgehead atoms. The summed E-state index contributed by atoms with van der Waals surface area (Å²) in [5.41, 5.74) is 1.48. The van der Waals surface area contributed by atoms with Gasteiger partial charge in [-0.15, -0.1) is 0 Å². The van der Waals surface area contributed by atoms with Gasteiger partial charge < -0.3 is 9.84 Å². The van der Waals surface area contributed by atoms with E-state index in [1.165, 1.54) is 0 Å². The Kier molecular flexibility index (Phi) is 5.61. The molecule has 1 saturated heterocycles. The number of carbonyl (C=O) groups excluding carboxylic acids is 1. The van der Waals surface area contributed by atoms with Gasteiger partial charge in [-0.2, -0.15) is 0 Å². The van der Waals surface area contributed by atoms with Crippen LogP contribution in [0.2, 0.25) is 5.02 Å². The number of benzene rings is 2. The summed E-state index contributed by atoms with van der Waals surface area (Å²) in [6.07, 6.45) is 1.84. The van der Waals surface area contributed by atoms with Crippen LogP contribution in [0.15, 0.2) is 42.5 Å². The lowest BCUT2D eigenvalue weighted by molar-refractivity contribution is 0.0810. The number of aromatic hydroxyl groups is 1. The Balaban J connectivity index is 1.70. The fourth-order valence-corrected chi connectivity index (χ4v) is 3.58. The Labute approximate surface area is 153 Å². The molecule has 2 aromatic rings. The molecule has 1 N–H and O–H groups in total. The van der Waals surface area contributed by atoms with Crippen LogP contribution in [-0.2, 0) is 6.54 Å². The van der Waals surface area contributed by atoms with Gasteiger partial charge in [-0.25, -0.2) is 0 Å². The molecule has 0 aliphatic carbocycles. The maximum Gasteiger partial charge on any atom is 0.167 e. The fourth-order valence-electron chi connectivity index (χ4n) is 3.39. The number of ether oxygens (including phenoxy) is 1. The number of methoxy groups -OCH3 is 1. The highest BCUT2D eigenvalue weighted by Crippen LogP contribution is 2.31. The maximum atomic E-state index is 12.8. The largest absolute Gasteiger partial charge is 0.504 e. The third-order valence-electron chi connectivity index (χ3n) is 4.68. The van der Waals surface area contributed by atoms with E-state index in [0.717, 1.165) is 24.9 Å². The zero-order valence-corrected chi connectivity index (χ0v) is 15.0. The minimum Gasteiger partial charge on any atom is -0.504 e. The maximum absolute atomic E-state index is 12.8. The Hall–Kier alpha value is -2.04. The minimum atomic E-state index is -0.0417. The summed E-state index contributed by atoms with van der Waals surface area (Å²) in [4.78, 5) is 15.0. The smallest absolute Gasteiger partial charge is 0.167 e. The molecular weight excluding hydrogens is 338 g/mol. The Morgan fingerprint density at radius 3 is 2.88 bits per heavy atom. The van der Waals surface area contributed by atoms with Crippen LogP contribution in [0.1, 0.15) is 28.8 Å². The number of hydrogen-bond acceptors (Lipinski definition) is 4. The van der Waals surface area contributed by atoms with Crippen LogP contribution in [0.5, 0.6) is 11.5 Å².